The van der Waals surface area contributed by atoms with Crippen LogP contribution in [0.1, 0.15) is 29.9 Å². The second-order valence-electron chi connectivity index (χ2n) is 6.45. The molecule has 2 atom stereocenters. The summed E-state index contributed by atoms with van der Waals surface area (Å²) in [5, 5.41) is 3.37. The van der Waals surface area contributed by atoms with E-state index in [4.69, 9.17) is 5.73 Å². The first-order valence-corrected chi connectivity index (χ1v) is 8.37. The number of nitrogens with two attached hydrogens (primary N) is 1. The van der Waals surface area contributed by atoms with Crippen molar-refractivity contribution in [2.75, 3.05) is 6.54 Å². The summed E-state index contributed by atoms with van der Waals surface area (Å²) in [6.45, 7) is 1.46. The van der Waals surface area contributed by atoms with E-state index in [1.54, 1.807) is 0 Å². The Bertz CT molecular complexity index is 759. The molecule has 0 amide bonds. The van der Waals surface area contributed by atoms with Crippen molar-refractivity contribution in [3.8, 4) is 0 Å². The summed E-state index contributed by atoms with van der Waals surface area (Å²) < 4.78 is 40.5. The maximum Gasteiger partial charge on any atom is 0.161 e. The Morgan fingerprint density at radius 3 is 2.40 bits per heavy atom. The molecule has 2 aromatic carbocycles. The Labute approximate surface area is 145 Å². The van der Waals surface area contributed by atoms with E-state index in [1.165, 1.54) is 5.56 Å². The molecule has 0 radical (unpaired) electrons. The number of nitrogens with one attached hydrogen (secondary N) is 1. The zero-order valence-electron chi connectivity index (χ0n) is 13.8. The van der Waals surface area contributed by atoms with Crippen molar-refractivity contribution in [2.24, 2.45) is 5.73 Å². The minimum Gasteiger partial charge on any atom is -0.327 e. The predicted molar refractivity (Wildman–Crippen MR) is 92.5 cm³/mol. The SMILES string of the molecule is NC1CC(CNCc2ccccc2)=CCC1c1cc(F)c(F)cc1F. The Kier molecular flexibility index (Phi) is 5.56. The lowest BCUT2D eigenvalue weighted by molar-refractivity contribution is 0.452. The lowest BCUT2D eigenvalue weighted by Gasteiger charge is -2.29. The maximum atomic E-state index is 14.0. The van der Waals surface area contributed by atoms with E-state index in [-0.39, 0.29) is 17.5 Å². The third-order valence-corrected chi connectivity index (χ3v) is 4.64. The Balaban J connectivity index is 1.62. The molecule has 2 unspecified atom stereocenters. The molecule has 0 bridgehead atoms. The van der Waals surface area contributed by atoms with E-state index in [1.807, 2.05) is 24.3 Å². The van der Waals surface area contributed by atoms with Crippen LogP contribution in [0, 0.1) is 17.5 Å². The fourth-order valence-corrected chi connectivity index (χ4v) is 3.28. The van der Waals surface area contributed by atoms with Crippen molar-refractivity contribution in [3.63, 3.8) is 0 Å². The molecule has 2 aromatic rings. The van der Waals surface area contributed by atoms with E-state index in [2.05, 4.69) is 17.4 Å². The molecule has 0 saturated carbocycles. The molecule has 3 rings (SSSR count). The Hall–Kier alpha value is -2.11. The largest absolute Gasteiger partial charge is 0.327 e. The molecule has 1 aliphatic rings. The highest BCUT2D eigenvalue weighted by molar-refractivity contribution is 5.29. The molecule has 1 aliphatic carbocycles. The molecule has 5 heteroatoms. The summed E-state index contributed by atoms with van der Waals surface area (Å²) in [4.78, 5) is 0. The zero-order chi connectivity index (χ0) is 17.8. The van der Waals surface area contributed by atoms with Crippen LogP contribution >= 0.6 is 0 Å². The molecule has 0 aliphatic heterocycles. The lowest BCUT2D eigenvalue weighted by atomic mass is 9.80. The van der Waals surface area contributed by atoms with Crippen LogP contribution in [0.25, 0.3) is 0 Å². The van der Waals surface area contributed by atoms with Crippen LogP contribution in [-0.4, -0.2) is 12.6 Å². The minimum absolute atomic E-state index is 0.152. The van der Waals surface area contributed by atoms with Gasteiger partial charge in [-0.2, -0.15) is 0 Å². The van der Waals surface area contributed by atoms with E-state index in [0.29, 0.717) is 25.5 Å². The summed E-state index contributed by atoms with van der Waals surface area (Å²) in [5.74, 6) is -3.29. The highest BCUT2D eigenvalue weighted by Gasteiger charge is 2.27. The zero-order valence-corrected chi connectivity index (χ0v) is 13.8. The van der Waals surface area contributed by atoms with Gasteiger partial charge in [-0.25, -0.2) is 13.2 Å². The van der Waals surface area contributed by atoms with E-state index in [9.17, 15) is 13.2 Å². The van der Waals surface area contributed by atoms with E-state index >= 15 is 0 Å². The van der Waals surface area contributed by atoms with Crippen molar-refractivity contribution >= 4 is 0 Å². The van der Waals surface area contributed by atoms with Crippen LogP contribution in [0.2, 0.25) is 0 Å². The molecule has 0 spiro atoms. The Morgan fingerprint density at radius 2 is 1.68 bits per heavy atom. The van der Waals surface area contributed by atoms with Crippen LogP contribution in [0.3, 0.4) is 0 Å². The number of benzene rings is 2. The Morgan fingerprint density at radius 1 is 0.960 bits per heavy atom. The maximum absolute atomic E-state index is 14.0. The van der Waals surface area contributed by atoms with Gasteiger partial charge in [0.1, 0.15) is 5.82 Å². The average Bonchev–Trinajstić information content (AvgIpc) is 2.60. The monoisotopic (exact) mass is 346 g/mol. The van der Waals surface area contributed by atoms with Gasteiger partial charge in [0.2, 0.25) is 0 Å². The molecule has 0 heterocycles. The molecular weight excluding hydrogens is 325 g/mol. The summed E-state index contributed by atoms with van der Waals surface area (Å²) >= 11 is 0. The van der Waals surface area contributed by atoms with E-state index < -0.39 is 17.5 Å². The predicted octanol–water partition coefficient (Wildman–Crippen LogP) is 4.02. The van der Waals surface area contributed by atoms with Gasteiger partial charge in [0.25, 0.3) is 0 Å². The molecular formula is C20H21F3N2. The summed E-state index contributed by atoms with van der Waals surface area (Å²) in [6.07, 6.45) is 3.14. The van der Waals surface area contributed by atoms with Crippen molar-refractivity contribution in [3.05, 3.63) is 82.7 Å². The highest BCUT2D eigenvalue weighted by Crippen LogP contribution is 2.33. The van der Waals surface area contributed by atoms with Crippen molar-refractivity contribution in [1.82, 2.24) is 5.32 Å². The van der Waals surface area contributed by atoms with Gasteiger partial charge in [-0.15, -0.1) is 0 Å². The number of halogens is 3. The normalized spacial score (nSPS) is 20.4. The lowest BCUT2D eigenvalue weighted by Crippen LogP contribution is -2.34. The molecule has 132 valence electrons. The first-order chi connectivity index (χ1) is 12.0. The topological polar surface area (TPSA) is 38.0 Å². The summed E-state index contributed by atoms with van der Waals surface area (Å²) in [6, 6.07) is 11.3. The third kappa shape index (κ3) is 4.30. The second kappa shape index (κ2) is 7.85. The number of hydrogen-bond donors (Lipinski definition) is 2. The van der Waals surface area contributed by atoms with Crippen LogP contribution in [0.4, 0.5) is 13.2 Å². The third-order valence-electron chi connectivity index (χ3n) is 4.64. The van der Waals surface area contributed by atoms with E-state index in [0.717, 1.165) is 18.2 Å². The standard InChI is InChI=1S/C20H21F3N2/c21-17-10-19(23)18(22)9-16(17)15-7-6-14(8-20(15)24)12-25-11-13-4-2-1-3-5-13/h1-6,9-10,15,20,25H,7-8,11-12,24H2. The number of hydrogen-bond acceptors (Lipinski definition) is 2. The van der Waals surface area contributed by atoms with Gasteiger partial charge in [0.05, 0.1) is 0 Å². The van der Waals surface area contributed by atoms with Crippen LogP contribution < -0.4 is 11.1 Å². The van der Waals surface area contributed by atoms with Crippen LogP contribution in [-0.2, 0) is 6.54 Å². The van der Waals surface area contributed by atoms with Crippen LogP contribution in [0.15, 0.2) is 54.1 Å². The van der Waals surface area contributed by atoms with Gasteiger partial charge in [-0.1, -0.05) is 42.0 Å². The van der Waals surface area contributed by atoms with Gasteiger partial charge in [0.15, 0.2) is 11.6 Å². The smallest absolute Gasteiger partial charge is 0.161 e. The van der Waals surface area contributed by atoms with Gasteiger partial charge in [0, 0.05) is 31.1 Å². The molecule has 25 heavy (non-hydrogen) atoms. The van der Waals surface area contributed by atoms with Crippen molar-refractivity contribution in [1.29, 1.82) is 0 Å². The number of allylic oxidation sites excluding steroid dienone is 1. The molecule has 2 nitrogen and oxygen atoms in total. The highest BCUT2D eigenvalue weighted by atomic mass is 19.2. The average molecular weight is 346 g/mol. The van der Waals surface area contributed by atoms with Gasteiger partial charge in [-0.05, 0) is 30.0 Å². The molecule has 0 aromatic heterocycles. The fourth-order valence-electron chi connectivity index (χ4n) is 3.28. The quantitative estimate of drug-likeness (QED) is 0.634. The minimum atomic E-state index is -1.17. The first kappa shape index (κ1) is 17.7. The summed E-state index contributed by atoms with van der Waals surface area (Å²) in [5.41, 5.74) is 8.70. The van der Waals surface area contributed by atoms with Crippen LogP contribution in [0.5, 0.6) is 0 Å². The summed E-state index contributed by atoms with van der Waals surface area (Å²) in [7, 11) is 0. The number of rotatable bonds is 5. The van der Waals surface area contributed by atoms with Gasteiger partial charge >= 0.3 is 0 Å². The second-order valence-corrected chi connectivity index (χ2v) is 6.45. The van der Waals surface area contributed by atoms with Crippen molar-refractivity contribution in [2.45, 2.75) is 31.3 Å². The first-order valence-electron chi connectivity index (χ1n) is 8.37. The molecule has 0 saturated heterocycles. The molecule has 0 fully saturated rings. The fraction of sp³-hybridized carbons (Fsp3) is 0.300. The van der Waals surface area contributed by atoms with Gasteiger partial charge < -0.3 is 11.1 Å². The molecule has 3 N–H and O–H groups in total. The van der Waals surface area contributed by atoms with Gasteiger partial charge in [-0.3, -0.25) is 0 Å². The van der Waals surface area contributed by atoms with Crippen molar-refractivity contribution < 1.29 is 13.2 Å².